The zero-order chi connectivity index (χ0) is 24.1. The summed E-state index contributed by atoms with van der Waals surface area (Å²) in [4.78, 5) is 39.3. The lowest BCUT2D eigenvalue weighted by Gasteiger charge is -2.13. The number of anilines is 1. The Labute approximate surface area is 196 Å². The molecule has 9 nitrogen and oxygen atoms in total. The zero-order valence-corrected chi connectivity index (χ0v) is 18.9. The Balaban J connectivity index is 1.60. The number of aryl methyl sites for hydroxylation is 1. The number of thiazole rings is 1. The molecule has 0 aliphatic carbocycles. The Hall–Kier alpha value is -3.57. The molecule has 0 aliphatic heterocycles. The summed E-state index contributed by atoms with van der Waals surface area (Å²) in [6.45, 7) is 3.09. The van der Waals surface area contributed by atoms with Crippen molar-refractivity contribution >= 4 is 46.2 Å². The summed E-state index contributed by atoms with van der Waals surface area (Å²) in [5.74, 6) is -1.94. The first-order valence-electron chi connectivity index (χ1n) is 9.44. The molecule has 2 aromatic carbocycles. The van der Waals surface area contributed by atoms with Crippen molar-refractivity contribution in [3.05, 3.63) is 79.0 Å². The molecule has 33 heavy (non-hydrogen) atoms. The lowest BCUT2D eigenvalue weighted by molar-refractivity contribution is -0.387. The number of nitrogens with one attached hydrogen (secondary N) is 1. The van der Waals surface area contributed by atoms with E-state index in [1.54, 1.807) is 31.2 Å². The number of esters is 1. The molecular weight excluding hydrogens is 477 g/mol. The third-order valence-electron chi connectivity index (χ3n) is 4.27. The Morgan fingerprint density at radius 1 is 1.27 bits per heavy atom. The summed E-state index contributed by atoms with van der Waals surface area (Å²) < 4.78 is 24.3. The molecule has 0 bridgehead atoms. The van der Waals surface area contributed by atoms with Gasteiger partial charge >= 0.3 is 11.7 Å². The van der Waals surface area contributed by atoms with Crippen LogP contribution in [0.25, 0.3) is 0 Å². The molecule has 0 radical (unpaired) electrons. The molecule has 1 aromatic heterocycles. The van der Waals surface area contributed by atoms with Gasteiger partial charge in [-0.1, -0.05) is 11.6 Å². The molecule has 0 saturated carbocycles. The van der Waals surface area contributed by atoms with Gasteiger partial charge in [0.05, 0.1) is 10.6 Å². The third-order valence-corrected chi connectivity index (χ3v) is 5.63. The average molecular weight is 494 g/mol. The minimum Gasteiger partial charge on any atom is -0.486 e. The van der Waals surface area contributed by atoms with Gasteiger partial charge in [-0.3, -0.25) is 14.9 Å². The van der Waals surface area contributed by atoms with Crippen LogP contribution in [0.2, 0.25) is 5.02 Å². The van der Waals surface area contributed by atoms with Crippen molar-refractivity contribution in [2.24, 2.45) is 0 Å². The standard InChI is InChI=1S/C21H17ClFN3O6S/c1-11-19(33-18(24-11)10-31-15-6-3-13(22)4-7-15)21(28)32-12(2)20(27)25-14-5-8-16(23)17(9-14)26(29)30/h3-9,12H,10H2,1-2H3,(H,25,27). The molecule has 0 saturated heterocycles. The average Bonchev–Trinajstić information content (AvgIpc) is 3.15. The number of hydrogen-bond donors (Lipinski definition) is 1. The first kappa shape index (κ1) is 24.1. The fourth-order valence-corrected chi connectivity index (χ4v) is 3.61. The fourth-order valence-electron chi connectivity index (χ4n) is 2.62. The van der Waals surface area contributed by atoms with E-state index in [9.17, 15) is 24.1 Å². The second kappa shape index (κ2) is 10.4. The number of carbonyl (C=O) groups is 2. The maximum absolute atomic E-state index is 13.4. The number of rotatable bonds is 8. The molecular formula is C21H17ClFN3O6S. The monoisotopic (exact) mass is 493 g/mol. The molecule has 1 unspecified atom stereocenters. The van der Waals surface area contributed by atoms with Gasteiger partial charge in [0, 0.05) is 16.8 Å². The molecule has 3 aromatic rings. The van der Waals surface area contributed by atoms with Crippen molar-refractivity contribution in [2.45, 2.75) is 26.6 Å². The molecule has 1 heterocycles. The molecule has 12 heteroatoms. The molecule has 0 spiro atoms. The van der Waals surface area contributed by atoms with Crippen molar-refractivity contribution < 1.29 is 28.4 Å². The van der Waals surface area contributed by atoms with E-state index in [0.717, 1.165) is 29.5 Å². The summed E-state index contributed by atoms with van der Waals surface area (Å²) >= 11 is 6.90. The summed E-state index contributed by atoms with van der Waals surface area (Å²) in [7, 11) is 0. The third kappa shape index (κ3) is 6.24. The van der Waals surface area contributed by atoms with Gasteiger partial charge in [-0.15, -0.1) is 11.3 Å². The first-order valence-corrected chi connectivity index (χ1v) is 10.6. The van der Waals surface area contributed by atoms with Gasteiger partial charge in [0.25, 0.3) is 5.91 Å². The molecule has 0 fully saturated rings. The highest BCUT2D eigenvalue weighted by Gasteiger charge is 2.24. The number of aromatic nitrogens is 1. The van der Waals surface area contributed by atoms with E-state index >= 15 is 0 Å². The van der Waals surface area contributed by atoms with E-state index in [2.05, 4.69) is 10.3 Å². The van der Waals surface area contributed by atoms with Gasteiger partial charge in [-0.2, -0.15) is 4.39 Å². The molecule has 0 aliphatic rings. The number of amides is 1. The minimum absolute atomic E-state index is 0.00777. The topological polar surface area (TPSA) is 121 Å². The van der Waals surface area contributed by atoms with Crippen LogP contribution in [0.4, 0.5) is 15.8 Å². The SMILES string of the molecule is Cc1nc(COc2ccc(Cl)cc2)sc1C(=O)OC(C)C(=O)Nc1ccc(F)c([N+](=O)[O-])c1. The van der Waals surface area contributed by atoms with Crippen molar-refractivity contribution in [1.82, 2.24) is 4.98 Å². The quantitative estimate of drug-likeness (QED) is 0.268. The molecule has 1 N–H and O–H groups in total. The van der Waals surface area contributed by atoms with Gasteiger partial charge in [0.2, 0.25) is 5.82 Å². The summed E-state index contributed by atoms with van der Waals surface area (Å²) in [6.07, 6.45) is -1.23. The summed E-state index contributed by atoms with van der Waals surface area (Å²) in [5, 5.41) is 14.3. The predicted octanol–water partition coefficient (Wildman–Crippen LogP) is 4.92. The zero-order valence-electron chi connectivity index (χ0n) is 17.3. The van der Waals surface area contributed by atoms with Crippen LogP contribution in [0.5, 0.6) is 5.75 Å². The Kier molecular flexibility index (Phi) is 7.56. The predicted molar refractivity (Wildman–Crippen MR) is 119 cm³/mol. The van der Waals surface area contributed by atoms with Crippen molar-refractivity contribution in [3.63, 3.8) is 0 Å². The van der Waals surface area contributed by atoms with Crippen LogP contribution in [-0.2, 0) is 16.1 Å². The largest absolute Gasteiger partial charge is 0.486 e. The number of nitrogens with zero attached hydrogens (tertiary/aromatic N) is 2. The van der Waals surface area contributed by atoms with Gasteiger partial charge in [-0.05, 0) is 50.2 Å². The minimum atomic E-state index is -1.23. The maximum atomic E-state index is 13.4. The van der Waals surface area contributed by atoms with E-state index in [4.69, 9.17) is 21.1 Å². The Morgan fingerprint density at radius 2 is 1.97 bits per heavy atom. The van der Waals surface area contributed by atoms with Gasteiger partial charge in [-0.25, -0.2) is 9.78 Å². The second-order valence-corrected chi connectivity index (χ2v) is 8.24. The van der Waals surface area contributed by atoms with Crippen molar-refractivity contribution in [3.8, 4) is 5.75 Å². The van der Waals surface area contributed by atoms with Crippen molar-refractivity contribution in [1.29, 1.82) is 0 Å². The van der Waals surface area contributed by atoms with E-state index in [1.807, 2.05) is 0 Å². The summed E-state index contributed by atoms with van der Waals surface area (Å²) in [5.41, 5.74) is -0.376. The van der Waals surface area contributed by atoms with E-state index in [1.165, 1.54) is 6.92 Å². The van der Waals surface area contributed by atoms with Crippen LogP contribution in [-0.4, -0.2) is 27.9 Å². The number of benzene rings is 2. The van der Waals surface area contributed by atoms with Gasteiger partial charge in [0.1, 0.15) is 22.2 Å². The van der Waals surface area contributed by atoms with Crippen LogP contribution >= 0.6 is 22.9 Å². The number of nitro groups is 1. The fraction of sp³-hybridized carbons (Fsp3) is 0.190. The smallest absolute Gasteiger partial charge is 0.351 e. The van der Waals surface area contributed by atoms with Crippen LogP contribution in [0.3, 0.4) is 0 Å². The van der Waals surface area contributed by atoms with E-state index in [-0.39, 0.29) is 17.2 Å². The highest BCUT2D eigenvalue weighted by molar-refractivity contribution is 7.13. The van der Waals surface area contributed by atoms with Crippen LogP contribution in [0.1, 0.15) is 27.3 Å². The number of nitro benzene ring substituents is 1. The lowest BCUT2D eigenvalue weighted by atomic mass is 10.2. The van der Waals surface area contributed by atoms with E-state index in [0.29, 0.717) is 21.5 Å². The number of hydrogen-bond acceptors (Lipinski definition) is 8. The normalized spacial score (nSPS) is 11.5. The molecule has 172 valence electrons. The Morgan fingerprint density at radius 3 is 2.64 bits per heavy atom. The first-order chi connectivity index (χ1) is 15.6. The highest BCUT2D eigenvalue weighted by atomic mass is 35.5. The number of carbonyl (C=O) groups excluding carboxylic acids is 2. The van der Waals surface area contributed by atoms with Crippen LogP contribution < -0.4 is 10.1 Å². The second-order valence-electron chi connectivity index (χ2n) is 6.72. The van der Waals surface area contributed by atoms with Crippen LogP contribution in [0, 0.1) is 22.9 Å². The number of ether oxygens (including phenoxy) is 2. The van der Waals surface area contributed by atoms with E-state index < -0.39 is 34.4 Å². The van der Waals surface area contributed by atoms with Gasteiger partial charge < -0.3 is 14.8 Å². The lowest BCUT2D eigenvalue weighted by Crippen LogP contribution is -2.30. The summed E-state index contributed by atoms with van der Waals surface area (Å²) in [6, 6.07) is 9.67. The van der Waals surface area contributed by atoms with Gasteiger partial charge in [0.15, 0.2) is 6.10 Å². The maximum Gasteiger partial charge on any atom is 0.351 e. The highest BCUT2D eigenvalue weighted by Crippen LogP contribution is 2.24. The van der Waals surface area contributed by atoms with Crippen LogP contribution in [0.15, 0.2) is 42.5 Å². The van der Waals surface area contributed by atoms with Crippen molar-refractivity contribution in [2.75, 3.05) is 5.32 Å². The molecule has 3 rings (SSSR count). The Bertz CT molecular complexity index is 1200. The number of halogens is 2. The molecule has 1 atom stereocenters. The molecule has 1 amide bonds.